The van der Waals surface area contributed by atoms with E-state index in [4.69, 9.17) is 9.84 Å². The molecular weight excluding hydrogens is 256 g/mol. The summed E-state index contributed by atoms with van der Waals surface area (Å²) >= 11 is 0. The number of carbonyl (C=O) groups is 2. The normalized spacial score (nSPS) is 9.30. The highest BCUT2D eigenvalue weighted by Gasteiger charge is 1.98. The summed E-state index contributed by atoms with van der Waals surface area (Å²) in [5.41, 5.74) is 1.56. The molecule has 1 aromatic rings. The molecule has 1 aromatic carbocycles. The Kier molecular flexibility index (Phi) is 8.11. The van der Waals surface area contributed by atoms with Crippen molar-refractivity contribution >= 4 is 18.0 Å². The fourth-order valence-electron chi connectivity index (χ4n) is 0.839. The smallest absolute Gasteiger partial charge is 0.337 e. The monoisotopic (exact) mass is 274 g/mol. The summed E-state index contributed by atoms with van der Waals surface area (Å²) in [4.78, 5) is 20.6. The van der Waals surface area contributed by atoms with Gasteiger partial charge in [-0.15, -0.1) is 0 Å². The second-order valence-electron chi connectivity index (χ2n) is 3.98. The third-order valence-electron chi connectivity index (χ3n) is 1.95. The number of esters is 1. The Labute approximate surface area is 118 Å². The zero-order chi connectivity index (χ0) is 15.5. The minimum Gasteiger partial charge on any atom is -0.478 e. The Morgan fingerprint density at radius 3 is 2.00 bits per heavy atom. The molecule has 4 nitrogen and oxygen atoms in total. The number of ether oxygens (including phenoxy) is 1. The molecule has 0 saturated heterocycles. The summed E-state index contributed by atoms with van der Waals surface area (Å²) in [5, 5.41) is 7.89. The average Bonchev–Trinajstić information content (AvgIpc) is 2.40. The molecule has 0 aliphatic heterocycles. The number of aliphatic carboxylic acids is 1. The molecule has 20 heavy (non-hydrogen) atoms. The minimum atomic E-state index is -0.935. The lowest BCUT2D eigenvalue weighted by molar-refractivity contribution is -0.134. The van der Waals surface area contributed by atoms with E-state index in [1.54, 1.807) is 13.0 Å². The quantitative estimate of drug-likeness (QED) is 0.519. The van der Waals surface area contributed by atoms with E-state index in [-0.39, 0.29) is 5.57 Å². The van der Waals surface area contributed by atoms with Gasteiger partial charge < -0.3 is 9.84 Å². The highest BCUT2D eigenvalue weighted by molar-refractivity contribution is 5.87. The molecule has 0 heterocycles. The standard InChI is InChI=1S/C12H12O2.C4H6O2/c1-10(2)12(13)14-9-8-11-6-4-3-5-7-11;1-3(2)4(5)6/h3-9H,1H2,2H3;1H2,2H3,(H,5,6)/b9-8+;. The molecule has 0 aromatic heterocycles. The molecule has 0 radical (unpaired) electrons. The van der Waals surface area contributed by atoms with Crippen LogP contribution in [0.3, 0.4) is 0 Å². The summed E-state index contributed by atoms with van der Waals surface area (Å²) in [6.07, 6.45) is 3.09. The highest BCUT2D eigenvalue weighted by Crippen LogP contribution is 2.01. The lowest BCUT2D eigenvalue weighted by Gasteiger charge is -1.96. The molecule has 0 aliphatic carbocycles. The molecule has 0 bridgehead atoms. The average molecular weight is 274 g/mol. The minimum absolute atomic E-state index is 0.176. The Morgan fingerprint density at radius 1 is 1.10 bits per heavy atom. The molecule has 0 atom stereocenters. The van der Waals surface area contributed by atoms with Crippen molar-refractivity contribution in [2.75, 3.05) is 0 Å². The van der Waals surface area contributed by atoms with Gasteiger partial charge in [0.15, 0.2) is 0 Å². The van der Waals surface area contributed by atoms with Gasteiger partial charge in [0.05, 0.1) is 6.26 Å². The molecule has 0 spiro atoms. The van der Waals surface area contributed by atoms with E-state index < -0.39 is 11.9 Å². The molecular formula is C16H18O4. The molecule has 106 valence electrons. The van der Waals surface area contributed by atoms with Gasteiger partial charge in [-0.2, -0.15) is 0 Å². The maximum absolute atomic E-state index is 11.0. The van der Waals surface area contributed by atoms with Crippen molar-refractivity contribution in [1.29, 1.82) is 0 Å². The second kappa shape index (κ2) is 9.33. The van der Waals surface area contributed by atoms with Crippen LogP contribution < -0.4 is 0 Å². The number of carboxylic acids is 1. The number of hydrogen-bond donors (Lipinski definition) is 1. The number of carboxylic acid groups (broad SMARTS) is 1. The first kappa shape index (κ1) is 17.4. The maximum atomic E-state index is 11.0. The third-order valence-corrected chi connectivity index (χ3v) is 1.95. The largest absolute Gasteiger partial charge is 0.478 e. The van der Waals surface area contributed by atoms with Crippen molar-refractivity contribution in [2.45, 2.75) is 13.8 Å². The fourth-order valence-corrected chi connectivity index (χ4v) is 0.839. The molecule has 4 heteroatoms. The summed E-state index contributed by atoms with van der Waals surface area (Å²) in [7, 11) is 0. The summed E-state index contributed by atoms with van der Waals surface area (Å²) in [6, 6.07) is 9.61. The Bertz CT molecular complexity index is 501. The first-order chi connectivity index (χ1) is 9.34. The van der Waals surface area contributed by atoms with E-state index in [9.17, 15) is 9.59 Å². The van der Waals surface area contributed by atoms with Gasteiger partial charge in [-0.1, -0.05) is 43.5 Å². The van der Waals surface area contributed by atoms with Crippen LogP contribution in [0.4, 0.5) is 0 Å². The molecule has 0 saturated carbocycles. The van der Waals surface area contributed by atoms with Crippen LogP contribution in [0.5, 0.6) is 0 Å². The summed E-state index contributed by atoms with van der Waals surface area (Å²) in [5.74, 6) is -1.34. The lowest BCUT2D eigenvalue weighted by Crippen LogP contribution is -1.98. The van der Waals surface area contributed by atoms with Gasteiger partial charge >= 0.3 is 11.9 Å². The van der Waals surface area contributed by atoms with Gasteiger partial charge in [-0.05, 0) is 25.5 Å². The molecule has 0 amide bonds. The van der Waals surface area contributed by atoms with Crippen LogP contribution in [0.15, 0.2) is 60.9 Å². The van der Waals surface area contributed by atoms with Crippen LogP contribution in [-0.2, 0) is 14.3 Å². The number of benzene rings is 1. The molecule has 1 rings (SSSR count). The van der Waals surface area contributed by atoms with Crippen molar-refractivity contribution in [3.63, 3.8) is 0 Å². The summed E-state index contributed by atoms with van der Waals surface area (Å²) in [6.45, 7) is 9.68. The van der Waals surface area contributed by atoms with Gasteiger partial charge in [0, 0.05) is 11.1 Å². The molecule has 0 fully saturated rings. The van der Waals surface area contributed by atoms with Gasteiger partial charge in [0.25, 0.3) is 0 Å². The second-order valence-corrected chi connectivity index (χ2v) is 3.98. The van der Waals surface area contributed by atoms with E-state index in [1.165, 1.54) is 13.2 Å². The van der Waals surface area contributed by atoms with Gasteiger partial charge in [-0.3, -0.25) is 0 Å². The van der Waals surface area contributed by atoms with Crippen LogP contribution in [0.1, 0.15) is 19.4 Å². The van der Waals surface area contributed by atoms with Crippen molar-refractivity contribution in [2.24, 2.45) is 0 Å². The highest BCUT2D eigenvalue weighted by atomic mass is 16.5. The van der Waals surface area contributed by atoms with Crippen LogP contribution in [0.25, 0.3) is 6.08 Å². The van der Waals surface area contributed by atoms with Crippen molar-refractivity contribution in [1.82, 2.24) is 0 Å². The van der Waals surface area contributed by atoms with Crippen LogP contribution in [-0.4, -0.2) is 17.0 Å². The predicted octanol–water partition coefficient (Wildman–Crippen LogP) is 3.42. The molecule has 1 N–H and O–H groups in total. The zero-order valence-corrected chi connectivity index (χ0v) is 11.6. The van der Waals surface area contributed by atoms with E-state index >= 15 is 0 Å². The van der Waals surface area contributed by atoms with Crippen LogP contribution >= 0.6 is 0 Å². The first-order valence-corrected chi connectivity index (χ1v) is 5.81. The third kappa shape index (κ3) is 8.47. The topological polar surface area (TPSA) is 63.6 Å². The van der Waals surface area contributed by atoms with Gasteiger partial charge in [0.2, 0.25) is 0 Å². The first-order valence-electron chi connectivity index (χ1n) is 5.81. The summed E-state index contributed by atoms with van der Waals surface area (Å²) < 4.78 is 4.79. The van der Waals surface area contributed by atoms with E-state index in [0.717, 1.165) is 5.56 Å². The van der Waals surface area contributed by atoms with E-state index in [0.29, 0.717) is 5.57 Å². The number of hydrogen-bond acceptors (Lipinski definition) is 3. The Morgan fingerprint density at radius 2 is 1.60 bits per heavy atom. The van der Waals surface area contributed by atoms with Gasteiger partial charge in [0.1, 0.15) is 0 Å². The predicted molar refractivity (Wildman–Crippen MR) is 78.8 cm³/mol. The van der Waals surface area contributed by atoms with Crippen molar-refractivity contribution in [3.8, 4) is 0 Å². The zero-order valence-electron chi connectivity index (χ0n) is 11.6. The van der Waals surface area contributed by atoms with Crippen LogP contribution in [0, 0.1) is 0 Å². The molecule has 0 aliphatic rings. The number of carbonyl (C=O) groups excluding carboxylic acids is 1. The Balaban J connectivity index is 0.000000511. The van der Waals surface area contributed by atoms with E-state index in [2.05, 4.69) is 13.2 Å². The Hall–Kier alpha value is -2.62. The van der Waals surface area contributed by atoms with Crippen LogP contribution in [0.2, 0.25) is 0 Å². The number of rotatable bonds is 4. The van der Waals surface area contributed by atoms with Crippen molar-refractivity contribution in [3.05, 3.63) is 66.5 Å². The SMILES string of the molecule is C=C(C)C(=O)O.C=C(C)C(=O)O/C=C/c1ccccc1. The van der Waals surface area contributed by atoms with Gasteiger partial charge in [-0.25, -0.2) is 9.59 Å². The maximum Gasteiger partial charge on any atom is 0.337 e. The van der Waals surface area contributed by atoms with E-state index in [1.807, 2.05) is 30.3 Å². The fraction of sp³-hybridized carbons (Fsp3) is 0.125. The molecule has 0 unspecified atom stereocenters. The van der Waals surface area contributed by atoms with Crippen molar-refractivity contribution < 1.29 is 19.4 Å². The lowest BCUT2D eigenvalue weighted by atomic mass is 10.2.